The molecule has 11 nitrogen and oxygen atoms in total. The monoisotopic (exact) mass is 574 g/mol. The van der Waals surface area contributed by atoms with Crippen molar-refractivity contribution in [1.82, 2.24) is 19.4 Å². The van der Waals surface area contributed by atoms with Gasteiger partial charge in [-0.15, -0.1) is 0 Å². The zero-order valence-electron chi connectivity index (χ0n) is 21.9. The first-order valence-electron chi connectivity index (χ1n) is 12.6. The van der Waals surface area contributed by atoms with E-state index in [2.05, 4.69) is 39.5 Å². The number of nitrogen functional groups attached to an aromatic ring is 1. The number of aryl methyl sites for hydroxylation is 1. The minimum absolute atomic E-state index is 0.0815. The summed E-state index contributed by atoms with van der Waals surface area (Å²) in [5.41, 5.74) is 7.69. The normalized spacial score (nSPS) is 15.6. The number of carbonyl (C=O) groups is 1. The van der Waals surface area contributed by atoms with Gasteiger partial charge in [-0.05, 0) is 45.1 Å². The van der Waals surface area contributed by atoms with Gasteiger partial charge in [0.1, 0.15) is 5.82 Å². The van der Waals surface area contributed by atoms with Crippen molar-refractivity contribution in [3.63, 3.8) is 0 Å². The van der Waals surface area contributed by atoms with Crippen molar-refractivity contribution in [2.75, 3.05) is 56.6 Å². The van der Waals surface area contributed by atoms with Gasteiger partial charge in [0.2, 0.25) is 11.7 Å². The number of anilines is 3. The second-order valence-corrected chi connectivity index (χ2v) is 10.6. The van der Waals surface area contributed by atoms with E-state index >= 15 is 0 Å². The summed E-state index contributed by atoms with van der Waals surface area (Å²) in [6.07, 6.45) is 5.60. The largest absolute Gasteiger partial charge is 0.378 e. The van der Waals surface area contributed by atoms with Crippen LogP contribution in [0.2, 0.25) is 10.0 Å². The molecule has 1 amide bonds. The molecule has 1 aromatic carbocycles. The highest BCUT2D eigenvalue weighted by Gasteiger charge is 2.26. The minimum Gasteiger partial charge on any atom is -0.378 e. The van der Waals surface area contributed by atoms with E-state index in [0.29, 0.717) is 53.6 Å². The number of pyridine rings is 1. The van der Waals surface area contributed by atoms with Crippen molar-refractivity contribution in [3.8, 4) is 11.1 Å². The molecule has 0 aliphatic carbocycles. The molecule has 0 radical (unpaired) electrons. The molecule has 0 saturated carbocycles. The third-order valence-corrected chi connectivity index (χ3v) is 7.27. The predicted molar refractivity (Wildman–Crippen MR) is 155 cm³/mol. The summed E-state index contributed by atoms with van der Waals surface area (Å²) in [4.78, 5) is 31.8. The van der Waals surface area contributed by atoms with E-state index in [9.17, 15) is 14.9 Å². The van der Waals surface area contributed by atoms with E-state index in [1.807, 2.05) is 23.0 Å². The smallest absolute Gasteiger partial charge is 0.311 e. The van der Waals surface area contributed by atoms with Crippen LogP contribution in [0.5, 0.6) is 0 Å². The van der Waals surface area contributed by atoms with E-state index in [4.69, 9.17) is 28.9 Å². The second kappa shape index (κ2) is 12.6. The predicted octanol–water partition coefficient (Wildman–Crippen LogP) is 4.42. The molecule has 3 aromatic rings. The molecule has 1 aliphatic heterocycles. The molecule has 0 bridgehead atoms. The number of carbonyl (C=O) groups excluding carboxylic acids is 1. The van der Waals surface area contributed by atoms with Gasteiger partial charge >= 0.3 is 5.69 Å². The van der Waals surface area contributed by atoms with Crippen molar-refractivity contribution >= 4 is 52.1 Å². The van der Waals surface area contributed by atoms with Gasteiger partial charge in [0.15, 0.2) is 0 Å². The lowest BCUT2D eigenvalue weighted by Gasteiger charge is -2.20. The number of benzene rings is 1. The Kier molecular flexibility index (Phi) is 9.28. The van der Waals surface area contributed by atoms with E-state index in [1.54, 1.807) is 12.1 Å². The fraction of sp³-hybridized carbons (Fsp3) is 0.385. The summed E-state index contributed by atoms with van der Waals surface area (Å²) in [6, 6.07) is 8.60. The molecule has 4 N–H and O–H groups in total. The number of aromatic nitrogens is 2. The highest BCUT2D eigenvalue weighted by molar-refractivity contribution is 6.36. The van der Waals surface area contributed by atoms with E-state index in [-0.39, 0.29) is 17.4 Å². The highest BCUT2D eigenvalue weighted by atomic mass is 35.5. The molecule has 0 unspecified atom stereocenters. The molecule has 39 heavy (non-hydrogen) atoms. The van der Waals surface area contributed by atoms with Crippen LogP contribution in [0.3, 0.4) is 0 Å². The first-order valence-corrected chi connectivity index (χ1v) is 13.3. The number of nitro groups is 1. The van der Waals surface area contributed by atoms with Crippen molar-refractivity contribution in [3.05, 3.63) is 62.9 Å². The number of rotatable bonds is 11. The maximum Gasteiger partial charge on any atom is 0.311 e. The van der Waals surface area contributed by atoms with Gasteiger partial charge in [0.25, 0.3) is 0 Å². The number of amides is 1. The SMILES string of the molecule is CN(C)[C@H]1CCN(CC(=O)Nc2cn(CCCNc3ccc([N+](=O)[O-])c(N)n3)cc2-c2ccc(Cl)cc2Cl)C1. The van der Waals surface area contributed by atoms with E-state index in [0.717, 1.165) is 30.6 Å². The van der Waals surface area contributed by atoms with Gasteiger partial charge in [-0.1, -0.05) is 29.3 Å². The van der Waals surface area contributed by atoms with Crippen LogP contribution < -0.4 is 16.4 Å². The maximum absolute atomic E-state index is 13.0. The number of nitrogens with one attached hydrogen (secondary N) is 2. The molecule has 2 aromatic heterocycles. The third-order valence-electron chi connectivity index (χ3n) is 6.72. The number of nitrogens with zero attached hydrogens (tertiary/aromatic N) is 5. The number of likely N-dealkylation sites (N-methyl/N-ethyl adjacent to an activating group) is 1. The van der Waals surface area contributed by atoms with E-state index < -0.39 is 4.92 Å². The standard InChI is InChI=1S/C26H32Cl2N8O3/c1-33(2)18-8-11-35(13-18)16-25(37)31-22-15-34(14-20(22)19-5-4-17(27)12-21(19)28)10-3-9-30-24-7-6-23(36(38)39)26(29)32-24/h4-7,12,14-15,18H,3,8-11,13,16H2,1-2H3,(H,31,37)(H3,29,30,32)/t18-/m0/s1. The summed E-state index contributed by atoms with van der Waals surface area (Å²) in [5.74, 6) is 0.249. The van der Waals surface area contributed by atoms with Gasteiger partial charge in [0.05, 0.1) is 22.2 Å². The molecule has 1 aliphatic rings. The lowest BCUT2D eigenvalue weighted by atomic mass is 10.1. The van der Waals surface area contributed by atoms with Crippen LogP contribution >= 0.6 is 23.2 Å². The maximum atomic E-state index is 13.0. The number of nitrogens with two attached hydrogens (primary N) is 1. The van der Waals surface area contributed by atoms with Crippen LogP contribution in [0.25, 0.3) is 11.1 Å². The first kappa shape index (κ1) is 28.6. The van der Waals surface area contributed by atoms with Crippen molar-refractivity contribution < 1.29 is 9.72 Å². The fourth-order valence-electron chi connectivity index (χ4n) is 4.63. The zero-order valence-corrected chi connectivity index (χ0v) is 23.4. The van der Waals surface area contributed by atoms with E-state index in [1.165, 1.54) is 12.1 Å². The highest BCUT2D eigenvalue weighted by Crippen LogP contribution is 2.36. The average molecular weight is 576 g/mol. The van der Waals surface area contributed by atoms with Crippen molar-refractivity contribution in [2.45, 2.75) is 25.4 Å². The Balaban J connectivity index is 1.42. The molecular weight excluding hydrogens is 543 g/mol. The van der Waals surface area contributed by atoms with Gasteiger partial charge in [0, 0.05) is 66.8 Å². The second-order valence-electron chi connectivity index (χ2n) is 9.78. The summed E-state index contributed by atoms with van der Waals surface area (Å²) in [6.45, 7) is 3.26. The molecule has 3 heterocycles. The van der Waals surface area contributed by atoms with Crippen LogP contribution in [0.1, 0.15) is 12.8 Å². The van der Waals surface area contributed by atoms with Crippen LogP contribution in [-0.4, -0.2) is 76.5 Å². The van der Waals surface area contributed by atoms with Crippen molar-refractivity contribution in [1.29, 1.82) is 0 Å². The molecule has 1 saturated heterocycles. The molecule has 0 spiro atoms. The number of hydrogen-bond donors (Lipinski definition) is 3. The first-order chi connectivity index (χ1) is 18.6. The minimum atomic E-state index is -0.565. The Labute approximate surface area is 237 Å². The Bertz CT molecular complexity index is 1350. The molecule has 1 fully saturated rings. The van der Waals surface area contributed by atoms with Crippen LogP contribution in [0.15, 0.2) is 42.7 Å². The Morgan fingerprint density at radius 2 is 2.03 bits per heavy atom. The van der Waals surface area contributed by atoms with Crippen LogP contribution in [-0.2, 0) is 11.3 Å². The van der Waals surface area contributed by atoms with Gasteiger partial charge in [-0.2, -0.15) is 0 Å². The molecule has 1 atom stereocenters. The summed E-state index contributed by atoms with van der Waals surface area (Å²) in [7, 11) is 4.12. The van der Waals surface area contributed by atoms with Crippen LogP contribution in [0.4, 0.5) is 23.0 Å². The Hall–Kier alpha value is -3.38. The van der Waals surface area contributed by atoms with Gasteiger partial charge in [-0.25, -0.2) is 4.98 Å². The average Bonchev–Trinajstić information content (AvgIpc) is 3.49. The number of hydrogen-bond acceptors (Lipinski definition) is 8. The quantitative estimate of drug-likeness (QED) is 0.174. The number of likely N-dealkylation sites (tertiary alicyclic amines) is 1. The van der Waals surface area contributed by atoms with Crippen LogP contribution in [0, 0.1) is 10.1 Å². The summed E-state index contributed by atoms with van der Waals surface area (Å²) in [5, 5.41) is 18.2. The Morgan fingerprint density at radius 3 is 2.69 bits per heavy atom. The number of halogens is 2. The van der Waals surface area contributed by atoms with Gasteiger partial charge < -0.3 is 25.8 Å². The molecule has 4 rings (SSSR count). The Morgan fingerprint density at radius 1 is 1.23 bits per heavy atom. The van der Waals surface area contributed by atoms with Gasteiger partial charge in [-0.3, -0.25) is 19.8 Å². The lowest BCUT2D eigenvalue weighted by molar-refractivity contribution is -0.384. The molecule has 208 valence electrons. The zero-order chi connectivity index (χ0) is 28.1. The fourth-order valence-corrected chi connectivity index (χ4v) is 5.14. The molecular formula is C26H32Cl2N8O3. The third kappa shape index (κ3) is 7.39. The topological polar surface area (TPSA) is 135 Å². The summed E-state index contributed by atoms with van der Waals surface area (Å²) >= 11 is 12.6. The summed E-state index contributed by atoms with van der Waals surface area (Å²) < 4.78 is 1.99. The molecule has 13 heteroatoms. The van der Waals surface area contributed by atoms with Crippen molar-refractivity contribution in [2.24, 2.45) is 0 Å². The lowest BCUT2D eigenvalue weighted by Crippen LogP contribution is -2.35.